The van der Waals surface area contributed by atoms with Gasteiger partial charge < -0.3 is 18.9 Å². The number of aryl methyl sites for hydroxylation is 2. The summed E-state index contributed by atoms with van der Waals surface area (Å²) in [4.78, 5) is 76.0. The number of ether oxygens (including phenoxy) is 4. The molecule has 0 unspecified atom stereocenters. The van der Waals surface area contributed by atoms with Gasteiger partial charge in [-0.05, 0) is 13.8 Å². The van der Waals surface area contributed by atoms with E-state index in [1.54, 1.807) is 13.8 Å². The smallest absolute Gasteiger partial charge is 0.330 e. The molecule has 2 N–H and O–H groups in total. The fraction of sp³-hybridized carbons (Fsp3) is 0.583. The summed E-state index contributed by atoms with van der Waals surface area (Å²) in [5.41, 5.74) is -1.52. The first-order chi connectivity index (χ1) is 18.9. The van der Waals surface area contributed by atoms with Crippen molar-refractivity contribution < 1.29 is 28.5 Å². The summed E-state index contributed by atoms with van der Waals surface area (Å²) in [5, 5.41) is 0. The lowest BCUT2D eigenvalue weighted by molar-refractivity contribution is -0.149. The molecular formula is C24H30N4O10S2. The van der Waals surface area contributed by atoms with Gasteiger partial charge in [0.2, 0.25) is 0 Å². The Labute approximate surface area is 235 Å². The van der Waals surface area contributed by atoms with Crippen molar-refractivity contribution in [2.75, 3.05) is 11.5 Å². The second-order valence-corrected chi connectivity index (χ2v) is 12.1. The minimum atomic E-state index is -0.727. The Morgan fingerprint density at radius 1 is 0.800 bits per heavy atom. The van der Waals surface area contributed by atoms with Crippen molar-refractivity contribution in [2.45, 2.75) is 77.4 Å². The average Bonchev–Trinajstić information content (AvgIpc) is 3.44. The molecule has 0 amide bonds. The predicted octanol–water partition coefficient (Wildman–Crippen LogP) is 0.523. The summed E-state index contributed by atoms with van der Waals surface area (Å²) in [7, 11) is 2.84. The molecule has 0 aromatic carbocycles. The molecule has 2 aliphatic rings. The van der Waals surface area contributed by atoms with Crippen molar-refractivity contribution in [3.8, 4) is 0 Å². The third kappa shape index (κ3) is 6.97. The van der Waals surface area contributed by atoms with Crippen molar-refractivity contribution in [3.63, 3.8) is 0 Å². The van der Waals surface area contributed by atoms with E-state index >= 15 is 0 Å². The molecule has 218 valence electrons. The van der Waals surface area contributed by atoms with Gasteiger partial charge in [-0.1, -0.05) is 21.6 Å². The number of carbonyl (C=O) groups excluding carboxylic acids is 2. The molecular weight excluding hydrogens is 568 g/mol. The maximum Gasteiger partial charge on any atom is 0.330 e. The number of hydrogen-bond acceptors (Lipinski definition) is 12. The third-order valence-electron chi connectivity index (χ3n) is 6.46. The Morgan fingerprint density at radius 3 is 1.52 bits per heavy atom. The zero-order chi connectivity index (χ0) is 29.1. The van der Waals surface area contributed by atoms with Gasteiger partial charge in [0.15, 0.2) is 0 Å². The molecule has 0 radical (unpaired) electrons. The van der Waals surface area contributed by atoms with Gasteiger partial charge in [-0.3, -0.25) is 38.3 Å². The second kappa shape index (κ2) is 12.6. The fourth-order valence-electron chi connectivity index (χ4n) is 4.55. The van der Waals surface area contributed by atoms with Gasteiger partial charge in [0.05, 0.1) is 0 Å². The highest BCUT2D eigenvalue weighted by molar-refractivity contribution is 8.76. The van der Waals surface area contributed by atoms with E-state index in [0.29, 0.717) is 22.6 Å². The van der Waals surface area contributed by atoms with Crippen LogP contribution in [0.4, 0.5) is 0 Å². The SMILES string of the molecule is CC(=O)O[C@H]1C[C@H](n2cc(C)c(=O)[nH]c2=O)O[C@@H]1CSSC[C@H]1O[C@@H](n2cc(C)c(=O)[nH]c2=O)C[C@@H]1OC(C)=O. The predicted molar refractivity (Wildman–Crippen MR) is 145 cm³/mol. The van der Waals surface area contributed by atoms with Crippen LogP contribution in [0.15, 0.2) is 31.6 Å². The van der Waals surface area contributed by atoms with E-state index in [2.05, 4.69) is 9.97 Å². The van der Waals surface area contributed by atoms with Crippen LogP contribution >= 0.6 is 21.6 Å². The van der Waals surface area contributed by atoms with Crippen molar-refractivity contribution >= 4 is 33.5 Å². The fourth-order valence-corrected chi connectivity index (χ4v) is 6.98. The molecule has 0 aliphatic carbocycles. The number of aromatic nitrogens is 4. The van der Waals surface area contributed by atoms with E-state index < -0.39 is 71.3 Å². The number of nitrogens with zero attached hydrogens (tertiary/aromatic N) is 2. The van der Waals surface area contributed by atoms with E-state index in [4.69, 9.17) is 18.9 Å². The minimum absolute atomic E-state index is 0.232. The van der Waals surface area contributed by atoms with Crippen LogP contribution in [0.2, 0.25) is 0 Å². The van der Waals surface area contributed by atoms with Crippen LogP contribution in [0.25, 0.3) is 0 Å². The molecule has 0 saturated carbocycles. The molecule has 2 aromatic rings. The standard InChI is InChI=1S/C24H30N4O10S2/c1-11-7-27(23(33)25-21(11)31)19-5-15(35-13(3)29)17(37-19)9-39-40-10-18-16(36-14(4)30)6-20(38-18)28-8-12(2)22(32)26-24(28)34/h7-8,15-20H,5-6,9-10H2,1-4H3,(H,25,31,33)(H,26,32,34)/t15-,16-,17+,18+,19+,20+/m0/s1. The molecule has 4 rings (SSSR count). The Morgan fingerprint density at radius 2 is 1.18 bits per heavy atom. The van der Waals surface area contributed by atoms with Crippen LogP contribution < -0.4 is 22.5 Å². The van der Waals surface area contributed by atoms with E-state index in [0.717, 1.165) is 0 Å². The highest BCUT2D eigenvalue weighted by atomic mass is 33.1. The molecule has 6 atom stereocenters. The van der Waals surface area contributed by atoms with Crippen LogP contribution in [0.3, 0.4) is 0 Å². The van der Waals surface area contributed by atoms with Gasteiger partial charge in [0.1, 0.15) is 36.9 Å². The lowest BCUT2D eigenvalue weighted by Gasteiger charge is -2.20. The molecule has 2 aromatic heterocycles. The Hall–Kier alpha value is -3.08. The topological polar surface area (TPSA) is 181 Å². The first kappa shape index (κ1) is 29.9. The summed E-state index contributed by atoms with van der Waals surface area (Å²) in [6.07, 6.45) is -0.435. The van der Waals surface area contributed by atoms with Crippen molar-refractivity contribution in [3.05, 3.63) is 65.2 Å². The van der Waals surface area contributed by atoms with E-state index in [1.165, 1.54) is 57.0 Å². The minimum Gasteiger partial charge on any atom is -0.460 e. The van der Waals surface area contributed by atoms with Crippen LogP contribution in [-0.4, -0.2) is 67.0 Å². The number of hydrogen-bond donors (Lipinski definition) is 2. The molecule has 0 bridgehead atoms. The Bertz CT molecular complexity index is 1390. The summed E-state index contributed by atoms with van der Waals surface area (Å²) in [6.45, 7) is 5.73. The average molecular weight is 599 g/mol. The van der Waals surface area contributed by atoms with E-state index in [1.807, 2.05) is 0 Å². The second-order valence-electron chi connectivity index (χ2n) is 9.55. The monoisotopic (exact) mass is 598 g/mol. The Balaban J connectivity index is 1.39. The van der Waals surface area contributed by atoms with Gasteiger partial charge in [-0.25, -0.2) is 9.59 Å². The summed E-state index contributed by atoms with van der Waals surface area (Å²) < 4.78 is 25.5. The van der Waals surface area contributed by atoms with Crippen LogP contribution in [-0.2, 0) is 28.5 Å². The molecule has 14 nitrogen and oxygen atoms in total. The lowest BCUT2D eigenvalue weighted by atomic mass is 10.2. The van der Waals surface area contributed by atoms with Crippen LogP contribution in [0.5, 0.6) is 0 Å². The Kier molecular flexibility index (Phi) is 9.43. The number of rotatable bonds is 9. The number of H-pyrrole nitrogens is 2. The number of aromatic amines is 2. The maximum atomic E-state index is 12.3. The molecule has 4 heterocycles. The molecule has 2 aliphatic heterocycles. The lowest BCUT2D eigenvalue weighted by Crippen LogP contribution is -2.33. The van der Waals surface area contributed by atoms with E-state index in [-0.39, 0.29) is 12.8 Å². The van der Waals surface area contributed by atoms with Crippen molar-refractivity contribution in [2.24, 2.45) is 0 Å². The molecule has 16 heteroatoms. The number of carbonyl (C=O) groups is 2. The van der Waals surface area contributed by atoms with Crippen molar-refractivity contribution in [1.29, 1.82) is 0 Å². The van der Waals surface area contributed by atoms with Gasteiger partial charge >= 0.3 is 23.3 Å². The van der Waals surface area contributed by atoms with Crippen LogP contribution in [0, 0.1) is 13.8 Å². The summed E-state index contributed by atoms with van der Waals surface area (Å²) in [6, 6.07) is 0. The molecule has 2 fully saturated rings. The van der Waals surface area contributed by atoms with Gasteiger partial charge in [0.25, 0.3) is 11.1 Å². The molecule has 40 heavy (non-hydrogen) atoms. The number of esters is 2. The van der Waals surface area contributed by atoms with Gasteiger partial charge in [-0.2, -0.15) is 0 Å². The zero-order valence-electron chi connectivity index (χ0n) is 22.2. The normalized spacial score (nSPS) is 26.1. The maximum absolute atomic E-state index is 12.3. The summed E-state index contributed by atoms with van der Waals surface area (Å²) in [5.74, 6) is -0.180. The zero-order valence-corrected chi connectivity index (χ0v) is 23.9. The number of nitrogens with one attached hydrogen (secondary N) is 2. The molecule has 2 saturated heterocycles. The molecule has 0 spiro atoms. The van der Waals surface area contributed by atoms with Gasteiger partial charge in [0, 0.05) is 61.7 Å². The quantitative estimate of drug-likeness (QED) is 0.232. The van der Waals surface area contributed by atoms with E-state index in [9.17, 15) is 28.8 Å². The first-order valence-corrected chi connectivity index (χ1v) is 15.0. The summed E-state index contributed by atoms with van der Waals surface area (Å²) >= 11 is 0. The first-order valence-electron chi connectivity index (χ1n) is 12.5. The van der Waals surface area contributed by atoms with Gasteiger partial charge in [-0.15, -0.1) is 0 Å². The highest BCUT2D eigenvalue weighted by Crippen LogP contribution is 2.37. The highest BCUT2D eigenvalue weighted by Gasteiger charge is 2.41. The third-order valence-corrected chi connectivity index (χ3v) is 8.87. The van der Waals surface area contributed by atoms with Crippen LogP contribution in [0.1, 0.15) is 50.3 Å². The largest absolute Gasteiger partial charge is 0.460 e. The van der Waals surface area contributed by atoms with Crippen molar-refractivity contribution in [1.82, 2.24) is 19.1 Å².